The largest absolute Gasteiger partial charge is 0.306 e. The maximum atomic E-state index is 3.74. The third kappa shape index (κ3) is 3.22. The van der Waals surface area contributed by atoms with Crippen LogP contribution < -0.4 is 5.32 Å². The smallest absolute Gasteiger partial charge is 0.0671 e. The summed E-state index contributed by atoms with van der Waals surface area (Å²) in [5, 5.41) is 3.74. The standard InChI is InChI=1S/C19H25NS/c1-3-12-20-19(18-11-10-17(4-2)21-18)16-9-8-14-6-5-7-15(14)13-16/h8-11,13,19-20H,3-7,12H2,1-2H3. The van der Waals surface area contributed by atoms with Crippen molar-refractivity contribution in [2.45, 2.75) is 52.0 Å². The molecule has 1 nitrogen and oxygen atoms in total. The van der Waals surface area contributed by atoms with Gasteiger partial charge in [0.05, 0.1) is 6.04 Å². The fourth-order valence-electron chi connectivity index (χ4n) is 3.18. The molecular formula is C19H25NS. The Morgan fingerprint density at radius 1 is 1.10 bits per heavy atom. The van der Waals surface area contributed by atoms with E-state index in [4.69, 9.17) is 0 Å². The molecule has 0 saturated carbocycles. The molecule has 1 heterocycles. The minimum Gasteiger partial charge on any atom is -0.306 e. The van der Waals surface area contributed by atoms with Gasteiger partial charge in [-0.15, -0.1) is 11.3 Å². The van der Waals surface area contributed by atoms with Crippen molar-refractivity contribution in [2.75, 3.05) is 6.54 Å². The average molecular weight is 299 g/mol. The highest BCUT2D eigenvalue weighted by molar-refractivity contribution is 7.12. The minimum atomic E-state index is 0.362. The summed E-state index contributed by atoms with van der Waals surface area (Å²) in [6, 6.07) is 12.1. The Morgan fingerprint density at radius 3 is 2.71 bits per heavy atom. The molecule has 3 rings (SSSR count). The summed E-state index contributed by atoms with van der Waals surface area (Å²) in [7, 11) is 0. The second kappa shape index (κ2) is 6.76. The number of thiophene rings is 1. The van der Waals surface area contributed by atoms with Crippen molar-refractivity contribution in [3.8, 4) is 0 Å². The summed E-state index contributed by atoms with van der Waals surface area (Å²) in [5.74, 6) is 0. The molecule has 0 amide bonds. The minimum absolute atomic E-state index is 0.362. The highest BCUT2D eigenvalue weighted by atomic mass is 32.1. The van der Waals surface area contributed by atoms with E-state index >= 15 is 0 Å². The fourth-order valence-corrected chi connectivity index (χ4v) is 4.24. The van der Waals surface area contributed by atoms with Crippen LogP contribution in [0.2, 0.25) is 0 Å². The first kappa shape index (κ1) is 14.8. The van der Waals surface area contributed by atoms with Crippen LogP contribution in [0.1, 0.15) is 59.2 Å². The van der Waals surface area contributed by atoms with E-state index in [-0.39, 0.29) is 0 Å². The van der Waals surface area contributed by atoms with Gasteiger partial charge in [-0.3, -0.25) is 0 Å². The van der Waals surface area contributed by atoms with E-state index in [2.05, 4.69) is 49.5 Å². The summed E-state index contributed by atoms with van der Waals surface area (Å²) in [6.07, 6.45) is 6.16. The molecule has 1 unspecified atom stereocenters. The van der Waals surface area contributed by atoms with Crippen LogP contribution >= 0.6 is 11.3 Å². The third-order valence-corrected chi connectivity index (χ3v) is 5.66. The van der Waals surface area contributed by atoms with Crippen molar-refractivity contribution < 1.29 is 0 Å². The number of hydrogen-bond acceptors (Lipinski definition) is 2. The van der Waals surface area contributed by atoms with E-state index in [1.54, 1.807) is 11.1 Å². The first-order valence-electron chi connectivity index (χ1n) is 8.25. The van der Waals surface area contributed by atoms with E-state index in [9.17, 15) is 0 Å². The molecule has 1 aromatic carbocycles. The second-order valence-corrected chi connectivity index (χ2v) is 7.13. The van der Waals surface area contributed by atoms with Crippen LogP contribution in [0.5, 0.6) is 0 Å². The summed E-state index contributed by atoms with van der Waals surface area (Å²) in [5.41, 5.74) is 4.57. The van der Waals surface area contributed by atoms with Gasteiger partial charge in [-0.2, -0.15) is 0 Å². The Balaban J connectivity index is 1.91. The lowest BCUT2D eigenvalue weighted by Gasteiger charge is -2.19. The number of nitrogens with one attached hydrogen (secondary N) is 1. The molecule has 1 aliphatic carbocycles. The van der Waals surface area contributed by atoms with Crippen LogP contribution in [0.3, 0.4) is 0 Å². The third-order valence-electron chi connectivity index (χ3n) is 4.37. The molecule has 0 saturated heterocycles. The number of hydrogen-bond donors (Lipinski definition) is 1. The van der Waals surface area contributed by atoms with Crippen LogP contribution in [0.4, 0.5) is 0 Å². The lowest BCUT2D eigenvalue weighted by molar-refractivity contribution is 0.605. The van der Waals surface area contributed by atoms with Crippen molar-refractivity contribution in [2.24, 2.45) is 0 Å². The predicted molar refractivity (Wildman–Crippen MR) is 92.3 cm³/mol. The van der Waals surface area contributed by atoms with Crippen LogP contribution in [-0.2, 0) is 19.3 Å². The average Bonchev–Trinajstić information content (AvgIpc) is 3.16. The van der Waals surface area contributed by atoms with Crippen molar-refractivity contribution >= 4 is 11.3 Å². The number of rotatable bonds is 6. The molecule has 1 N–H and O–H groups in total. The molecule has 0 fully saturated rings. The lowest BCUT2D eigenvalue weighted by atomic mass is 10.00. The van der Waals surface area contributed by atoms with E-state index in [1.807, 2.05) is 11.3 Å². The van der Waals surface area contributed by atoms with Crippen molar-refractivity contribution in [3.63, 3.8) is 0 Å². The van der Waals surface area contributed by atoms with E-state index in [1.165, 1.54) is 41.0 Å². The van der Waals surface area contributed by atoms with E-state index < -0.39 is 0 Å². The maximum Gasteiger partial charge on any atom is 0.0671 e. The van der Waals surface area contributed by atoms with Gasteiger partial charge in [0.25, 0.3) is 0 Å². The number of fused-ring (bicyclic) bond motifs is 1. The molecule has 21 heavy (non-hydrogen) atoms. The van der Waals surface area contributed by atoms with Crippen LogP contribution in [0, 0.1) is 0 Å². The number of benzene rings is 1. The summed E-state index contributed by atoms with van der Waals surface area (Å²) < 4.78 is 0. The fraction of sp³-hybridized carbons (Fsp3) is 0.474. The molecule has 1 aromatic heterocycles. The molecular weight excluding hydrogens is 274 g/mol. The highest BCUT2D eigenvalue weighted by Crippen LogP contribution is 2.32. The SMILES string of the molecule is CCCNC(c1ccc2c(c1)CCC2)c1ccc(CC)s1. The van der Waals surface area contributed by atoms with Crippen molar-refractivity contribution in [1.29, 1.82) is 0 Å². The van der Waals surface area contributed by atoms with Gasteiger partial charge in [-0.05, 0) is 67.5 Å². The van der Waals surface area contributed by atoms with Gasteiger partial charge in [0.2, 0.25) is 0 Å². The number of aryl methyl sites for hydroxylation is 3. The molecule has 0 spiro atoms. The summed E-state index contributed by atoms with van der Waals surface area (Å²) in [4.78, 5) is 2.94. The molecule has 2 heteroatoms. The van der Waals surface area contributed by atoms with Crippen molar-refractivity contribution in [3.05, 3.63) is 56.8 Å². The summed E-state index contributed by atoms with van der Waals surface area (Å²) >= 11 is 1.96. The van der Waals surface area contributed by atoms with Gasteiger partial charge < -0.3 is 5.32 Å². The molecule has 1 aliphatic rings. The highest BCUT2D eigenvalue weighted by Gasteiger charge is 2.18. The van der Waals surface area contributed by atoms with Crippen LogP contribution in [0.25, 0.3) is 0 Å². The van der Waals surface area contributed by atoms with E-state index in [0.29, 0.717) is 6.04 Å². The predicted octanol–water partition coefficient (Wildman–Crippen LogP) is 4.89. The first-order valence-corrected chi connectivity index (χ1v) is 9.07. The topological polar surface area (TPSA) is 12.0 Å². The van der Waals surface area contributed by atoms with E-state index in [0.717, 1.165) is 13.0 Å². The molecule has 2 aromatic rings. The second-order valence-electron chi connectivity index (χ2n) is 5.93. The Morgan fingerprint density at radius 2 is 1.95 bits per heavy atom. The molecule has 0 aliphatic heterocycles. The molecule has 0 bridgehead atoms. The zero-order chi connectivity index (χ0) is 14.7. The Hall–Kier alpha value is -1.12. The first-order chi connectivity index (χ1) is 10.3. The van der Waals surface area contributed by atoms with Crippen LogP contribution in [0.15, 0.2) is 30.3 Å². The van der Waals surface area contributed by atoms with Crippen LogP contribution in [-0.4, -0.2) is 6.54 Å². The monoisotopic (exact) mass is 299 g/mol. The molecule has 112 valence electrons. The normalized spacial score (nSPS) is 15.1. The Kier molecular flexibility index (Phi) is 4.77. The van der Waals surface area contributed by atoms with Gasteiger partial charge in [-0.25, -0.2) is 0 Å². The quantitative estimate of drug-likeness (QED) is 0.801. The Labute approximate surface area is 132 Å². The zero-order valence-electron chi connectivity index (χ0n) is 13.1. The van der Waals surface area contributed by atoms with Gasteiger partial charge in [0.15, 0.2) is 0 Å². The van der Waals surface area contributed by atoms with Crippen molar-refractivity contribution in [1.82, 2.24) is 5.32 Å². The molecule has 1 atom stereocenters. The van der Waals surface area contributed by atoms with Gasteiger partial charge in [0, 0.05) is 9.75 Å². The van der Waals surface area contributed by atoms with Gasteiger partial charge in [-0.1, -0.05) is 32.0 Å². The summed E-state index contributed by atoms with van der Waals surface area (Å²) in [6.45, 7) is 5.54. The lowest BCUT2D eigenvalue weighted by Crippen LogP contribution is -2.22. The van der Waals surface area contributed by atoms with Gasteiger partial charge >= 0.3 is 0 Å². The maximum absolute atomic E-state index is 3.74. The molecule has 0 radical (unpaired) electrons. The van der Waals surface area contributed by atoms with Gasteiger partial charge in [0.1, 0.15) is 0 Å². The Bertz CT molecular complexity index is 599. The zero-order valence-corrected chi connectivity index (χ0v) is 13.9.